The number of alkyl halides is 3. The molecule has 0 aromatic heterocycles. The smallest absolute Gasteiger partial charge is 0.378 e. The average molecular weight is 523 g/mol. The molecule has 0 spiro atoms. The minimum absolute atomic E-state index is 0.113. The second-order valence-corrected chi connectivity index (χ2v) is 9.37. The molecule has 35 heavy (non-hydrogen) atoms. The van der Waals surface area contributed by atoms with Gasteiger partial charge >= 0.3 is 6.18 Å². The molecular weight excluding hydrogens is 500 g/mol. The monoisotopic (exact) mass is 522 g/mol. The van der Waals surface area contributed by atoms with Crippen LogP contribution in [0.3, 0.4) is 0 Å². The van der Waals surface area contributed by atoms with E-state index in [4.69, 9.17) is 23.2 Å². The summed E-state index contributed by atoms with van der Waals surface area (Å²) in [5.74, 6) is -0.559. The van der Waals surface area contributed by atoms with Crippen LogP contribution in [0.4, 0.5) is 18.9 Å². The summed E-state index contributed by atoms with van der Waals surface area (Å²) in [4.78, 5) is 16.9. The van der Waals surface area contributed by atoms with Crippen LogP contribution in [0, 0.1) is 6.92 Å². The van der Waals surface area contributed by atoms with Crippen LogP contribution in [0.25, 0.3) is 0 Å². The van der Waals surface area contributed by atoms with E-state index in [1.54, 1.807) is 17.0 Å². The first-order valence-corrected chi connectivity index (χ1v) is 11.7. The number of nitrogens with zero attached hydrogens (tertiary/aromatic N) is 2. The van der Waals surface area contributed by atoms with Crippen molar-refractivity contribution in [2.24, 2.45) is 0 Å². The molecule has 0 radical (unpaired) electrons. The number of benzene rings is 3. The number of rotatable bonds is 4. The van der Waals surface area contributed by atoms with Gasteiger partial charge in [-0.2, -0.15) is 13.2 Å². The van der Waals surface area contributed by atoms with Crippen molar-refractivity contribution in [1.29, 1.82) is 0 Å². The molecule has 1 saturated heterocycles. The first-order chi connectivity index (χ1) is 16.5. The van der Waals surface area contributed by atoms with Crippen molar-refractivity contribution in [3.8, 4) is 0 Å². The van der Waals surface area contributed by atoms with Gasteiger partial charge in [-0.3, -0.25) is 4.79 Å². The highest BCUT2D eigenvalue weighted by Crippen LogP contribution is 2.35. The number of anilines is 1. The summed E-state index contributed by atoms with van der Waals surface area (Å²) in [6, 6.07) is 16.7. The maximum atomic E-state index is 13.2. The molecule has 1 unspecified atom stereocenters. The summed E-state index contributed by atoms with van der Waals surface area (Å²) < 4.78 is 38.6. The predicted octanol–water partition coefficient (Wildman–Crippen LogP) is 6.44. The lowest BCUT2D eigenvalue weighted by Gasteiger charge is -2.44. The zero-order chi connectivity index (χ0) is 25.3. The lowest BCUT2D eigenvalue weighted by Crippen LogP contribution is -2.52. The van der Waals surface area contributed by atoms with E-state index in [9.17, 15) is 23.1 Å². The Kier molecular flexibility index (Phi) is 7.31. The maximum Gasteiger partial charge on any atom is 0.416 e. The average Bonchev–Trinajstić information content (AvgIpc) is 2.83. The van der Waals surface area contributed by atoms with Gasteiger partial charge in [0.2, 0.25) is 0 Å². The molecule has 3 aromatic rings. The molecule has 9 heteroatoms. The third-order valence-corrected chi connectivity index (χ3v) is 6.69. The van der Waals surface area contributed by atoms with Crippen molar-refractivity contribution >= 4 is 34.8 Å². The fourth-order valence-electron chi connectivity index (χ4n) is 4.35. The topological polar surface area (TPSA) is 43.8 Å². The molecule has 1 N–H and O–H groups in total. The summed E-state index contributed by atoms with van der Waals surface area (Å²) in [5.41, 5.74) is 2.17. The van der Waals surface area contributed by atoms with E-state index in [0.717, 1.165) is 41.1 Å². The van der Waals surface area contributed by atoms with Gasteiger partial charge in [0.1, 0.15) is 0 Å². The summed E-state index contributed by atoms with van der Waals surface area (Å²) in [6.45, 7) is 3.07. The SMILES string of the molecule is Cc1cc(Cl)ccc1N1CCN(C(=O)C(O)c2ccc(C(F)(F)F)cc2)C[C@H]1c1ccc(Cl)cc1. The first kappa shape index (κ1) is 25.4. The van der Waals surface area contributed by atoms with Crippen molar-refractivity contribution in [3.05, 3.63) is 99.0 Å². The van der Waals surface area contributed by atoms with Gasteiger partial charge in [0, 0.05) is 35.4 Å². The molecular formula is C26H23Cl2F3N2O2. The highest BCUT2D eigenvalue weighted by atomic mass is 35.5. The highest BCUT2D eigenvalue weighted by Gasteiger charge is 2.35. The summed E-state index contributed by atoms with van der Waals surface area (Å²) in [5, 5.41) is 11.9. The minimum atomic E-state index is -4.49. The van der Waals surface area contributed by atoms with Crippen LogP contribution in [0.2, 0.25) is 10.0 Å². The minimum Gasteiger partial charge on any atom is -0.378 e. The lowest BCUT2D eigenvalue weighted by molar-refractivity contribution is -0.141. The van der Waals surface area contributed by atoms with E-state index in [0.29, 0.717) is 23.1 Å². The van der Waals surface area contributed by atoms with Crippen LogP contribution < -0.4 is 4.90 Å². The Morgan fingerprint density at radius 2 is 1.60 bits per heavy atom. The van der Waals surface area contributed by atoms with Crippen LogP contribution in [-0.2, 0) is 11.0 Å². The quantitative estimate of drug-likeness (QED) is 0.428. The van der Waals surface area contributed by atoms with Crippen LogP contribution in [0.15, 0.2) is 66.7 Å². The molecule has 1 aliphatic heterocycles. The van der Waals surface area contributed by atoms with Crippen molar-refractivity contribution in [2.45, 2.75) is 25.2 Å². The molecule has 3 aromatic carbocycles. The fraction of sp³-hybridized carbons (Fsp3) is 0.269. The van der Waals surface area contributed by atoms with E-state index in [1.165, 1.54) is 0 Å². The second kappa shape index (κ2) is 10.1. The van der Waals surface area contributed by atoms with Crippen molar-refractivity contribution in [1.82, 2.24) is 4.90 Å². The van der Waals surface area contributed by atoms with Crippen molar-refractivity contribution in [3.63, 3.8) is 0 Å². The van der Waals surface area contributed by atoms with Gasteiger partial charge in [-0.1, -0.05) is 47.5 Å². The Morgan fingerprint density at radius 1 is 0.971 bits per heavy atom. The summed E-state index contributed by atoms with van der Waals surface area (Å²) in [7, 11) is 0. The lowest BCUT2D eigenvalue weighted by atomic mass is 9.99. The zero-order valence-corrected chi connectivity index (χ0v) is 20.3. The van der Waals surface area contributed by atoms with E-state index >= 15 is 0 Å². The van der Waals surface area contributed by atoms with E-state index < -0.39 is 23.8 Å². The molecule has 1 fully saturated rings. The second-order valence-electron chi connectivity index (χ2n) is 8.50. The number of aliphatic hydroxyl groups excluding tert-OH is 1. The molecule has 4 nitrogen and oxygen atoms in total. The van der Waals surface area contributed by atoms with Gasteiger partial charge in [0.05, 0.1) is 11.6 Å². The zero-order valence-electron chi connectivity index (χ0n) is 18.8. The number of hydrogen-bond donors (Lipinski definition) is 1. The fourth-order valence-corrected chi connectivity index (χ4v) is 4.71. The Bertz CT molecular complexity index is 1200. The van der Waals surface area contributed by atoms with Gasteiger partial charge in [-0.15, -0.1) is 0 Å². The van der Waals surface area contributed by atoms with Crippen LogP contribution in [0.1, 0.15) is 34.4 Å². The Labute approximate surface area is 211 Å². The molecule has 4 rings (SSSR count). The van der Waals surface area contributed by atoms with Gasteiger partial charge in [-0.25, -0.2) is 0 Å². The number of amides is 1. The summed E-state index contributed by atoms with van der Waals surface area (Å²) >= 11 is 12.2. The molecule has 0 bridgehead atoms. The number of aryl methyl sites for hydroxylation is 1. The number of piperazine rings is 1. The van der Waals surface area contributed by atoms with Crippen LogP contribution in [-0.4, -0.2) is 35.5 Å². The number of aliphatic hydroxyl groups is 1. The standard InChI is InChI=1S/C26H23Cl2F3N2O2/c1-16-14-21(28)10-11-22(16)33-13-12-32(15-23(33)17-4-8-20(27)9-5-17)25(35)24(34)18-2-6-19(7-3-18)26(29,30)31/h2-11,14,23-24,34H,12-13,15H2,1H3/t23-,24?/m0/s1. The third-order valence-electron chi connectivity index (χ3n) is 6.20. The largest absolute Gasteiger partial charge is 0.416 e. The van der Waals surface area contributed by atoms with Gasteiger partial charge in [0.15, 0.2) is 6.10 Å². The van der Waals surface area contributed by atoms with E-state index in [1.807, 2.05) is 37.3 Å². The molecule has 1 heterocycles. The van der Waals surface area contributed by atoms with Crippen LogP contribution in [0.5, 0.6) is 0 Å². The highest BCUT2D eigenvalue weighted by molar-refractivity contribution is 6.31. The molecule has 2 atom stereocenters. The third kappa shape index (κ3) is 5.58. The molecule has 0 saturated carbocycles. The normalized spacial score (nSPS) is 17.4. The Morgan fingerprint density at radius 3 is 2.20 bits per heavy atom. The Balaban J connectivity index is 1.59. The van der Waals surface area contributed by atoms with Gasteiger partial charge in [-0.05, 0) is 66.1 Å². The van der Waals surface area contributed by atoms with Crippen molar-refractivity contribution in [2.75, 3.05) is 24.5 Å². The van der Waals surface area contributed by atoms with Crippen molar-refractivity contribution < 1.29 is 23.1 Å². The molecule has 1 amide bonds. The molecule has 0 aliphatic carbocycles. The van der Waals surface area contributed by atoms with Crippen LogP contribution >= 0.6 is 23.2 Å². The number of carbonyl (C=O) groups excluding carboxylic acids is 1. The van der Waals surface area contributed by atoms with E-state index in [-0.39, 0.29) is 18.2 Å². The Hall–Kier alpha value is -2.74. The molecule has 1 aliphatic rings. The first-order valence-electron chi connectivity index (χ1n) is 11.0. The summed E-state index contributed by atoms with van der Waals surface area (Å²) in [6.07, 6.45) is -6.05. The molecule has 184 valence electrons. The maximum absolute atomic E-state index is 13.2. The van der Waals surface area contributed by atoms with Gasteiger partial charge < -0.3 is 14.9 Å². The number of halogens is 5. The predicted molar refractivity (Wildman–Crippen MR) is 131 cm³/mol. The van der Waals surface area contributed by atoms with Gasteiger partial charge in [0.25, 0.3) is 5.91 Å². The van der Waals surface area contributed by atoms with E-state index in [2.05, 4.69) is 4.90 Å². The number of carbonyl (C=O) groups is 1. The number of hydrogen-bond acceptors (Lipinski definition) is 3.